The van der Waals surface area contributed by atoms with Crippen LogP contribution >= 0.6 is 0 Å². The minimum absolute atomic E-state index is 0.602. The third-order valence-corrected chi connectivity index (χ3v) is 4.38. The van der Waals surface area contributed by atoms with Gasteiger partial charge in [0, 0.05) is 37.9 Å². The molecule has 110 valence electrons. The van der Waals surface area contributed by atoms with E-state index >= 15 is 0 Å². The summed E-state index contributed by atoms with van der Waals surface area (Å²) in [6.45, 7) is 5.27. The summed E-state index contributed by atoms with van der Waals surface area (Å²) in [5, 5.41) is 3.50. The standard InChI is InChI=1S/C15H25N5/c1-11-9-20(10-14(11)19(2)3)15-8-16-6-13(18-15)7-17-12-4-5-12/h6,8,11-12,14,17H,4-5,7,9-10H2,1-3H3. The lowest BCUT2D eigenvalue weighted by Gasteiger charge is -2.22. The largest absolute Gasteiger partial charge is 0.353 e. The monoisotopic (exact) mass is 275 g/mol. The van der Waals surface area contributed by atoms with Crippen LogP contribution < -0.4 is 10.2 Å². The molecule has 0 spiro atoms. The first-order chi connectivity index (χ1) is 9.63. The van der Waals surface area contributed by atoms with Gasteiger partial charge >= 0.3 is 0 Å². The van der Waals surface area contributed by atoms with Crippen LogP contribution in [0.15, 0.2) is 12.4 Å². The number of nitrogens with zero attached hydrogens (tertiary/aromatic N) is 4. The van der Waals surface area contributed by atoms with Crippen LogP contribution in [0.25, 0.3) is 0 Å². The fourth-order valence-electron chi connectivity index (χ4n) is 2.98. The van der Waals surface area contributed by atoms with E-state index in [1.54, 1.807) is 0 Å². The first kappa shape index (κ1) is 13.8. The van der Waals surface area contributed by atoms with Crippen LogP contribution in [-0.2, 0) is 6.54 Å². The Morgan fingerprint density at radius 1 is 1.30 bits per heavy atom. The van der Waals surface area contributed by atoms with Crippen LogP contribution in [0.1, 0.15) is 25.5 Å². The van der Waals surface area contributed by atoms with E-state index in [4.69, 9.17) is 4.98 Å². The Bertz CT molecular complexity index is 457. The summed E-state index contributed by atoms with van der Waals surface area (Å²) in [6.07, 6.45) is 6.38. The molecular formula is C15H25N5. The van der Waals surface area contributed by atoms with Gasteiger partial charge in [0.25, 0.3) is 0 Å². The highest BCUT2D eigenvalue weighted by Gasteiger charge is 2.31. The lowest BCUT2D eigenvalue weighted by molar-refractivity contribution is 0.266. The smallest absolute Gasteiger partial charge is 0.147 e. The first-order valence-electron chi connectivity index (χ1n) is 7.59. The molecule has 3 rings (SSSR count). The minimum Gasteiger partial charge on any atom is -0.353 e. The third kappa shape index (κ3) is 3.10. The molecule has 0 amide bonds. The summed E-state index contributed by atoms with van der Waals surface area (Å²) < 4.78 is 0. The molecule has 2 unspecified atom stereocenters. The highest BCUT2D eigenvalue weighted by atomic mass is 15.3. The SMILES string of the molecule is CC1CN(c2cncc(CNC3CC3)n2)CC1N(C)C. The predicted octanol–water partition coefficient (Wildman–Crippen LogP) is 1.11. The average molecular weight is 275 g/mol. The molecule has 2 fully saturated rings. The van der Waals surface area contributed by atoms with Crippen molar-refractivity contribution in [3.05, 3.63) is 18.1 Å². The van der Waals surface area contributed by atoms with Crippen LogP contribution in [-0.4, -0.2) is 54.1 Å². The van der Waals surface area contributed by atoms with Crippen molar-refractivity contribution in [2.75, 3.05) is 32.1 Å². The van der Waals surface area contributed by atoms with E-state index in [0.29, 0.717) is 18.0 Å². The van der Waals surface area contributed by atoms with Gasteiger partial charge in [-0.25, -0.2) is 4.98 Å². The molecule has 1 aromatic heterocycles. The second-order valence-electron chi connectivity index (χ2n) is 6.44. The maximum Gasteiger partial charge on any atom is 0.147 e. The summed E-state index contributed by atoms with van der Waals surface area (Å²) in [7, 11) is 4.32. The molecule has 1 aromatic rings. The molecule has 1 saturated heterocycles. The van der Waals surface area contributed by atoms with Gasteiger partial charge in [-0.15, -0.1) is 0 Å². The van der Waals surface area contributed by atoms with Crippen LogP contribution in [0.4, 0.5) is 5.82 Å². The molecule has 0 aromatic carbocycles. The summed E-state index contributed by atoms with van der Waals surface area (Å²) >= 11 is 0. The van der Waals surface area contributed by atoms with Gasteiger partial charge in [0.15, 0.2) is 0 Å². The van der Waals surface area contributed by atoms with Crippen LogP contribution in [0.3, 0.4) is 0 Å². The fourth-order valence-corrected chi connectivity index (χ4v) is 2.98. The summed E-state index contributed by atoms with van der Waals surface area (Å²) in [6, 6.07) is 1.32. The number of hydrogen-bond acceptors (Lipinski definition) is 5. The number of likely N-dealkylation sites (N-methyl/N-ethyl adjacent to an activating group) is 1. The van der Waals surface area contributed by atoms with Gasteiger partial charge in [0.05, 0.1) is 11.9 Å². The van der Waals surface area contributed by atoms with E-state index in [9.17, 15) is 0 Å². The fraction of sp³-hybridized carbons (Fsp3) is 0.733. The van der Waals surface area contributed by atoms with Crippen molar-refractivity contribution in [3.8, 4) is 0 Å². The topological polar surface area (TPSA) is 44.3 Å². The van der Waals surface area contributed by atoms with E-state index in [-0.39, 0.29) is 0 Å². The maximum atomic E-state index is 4.77. The van der Waals surface area contributed by atoms with Gasteiger partial charge in [-0.05, 0) is 32.9 Å². The van der Waals surface area contributed by atoms with Gasteiger partial charge in [-0.2, -0.15) is 0 Å². The summed E-state index contributed by atoms with van der Waals surface area (Å²) in [5.74, 6) is 1.69. The van der Waals surface area contributed by atoms with Crippen LogP contribution in [0, 0.1) is 5.92 Å². The van der Waals surface area contributed by atoms with Crippen molar-refractivity contribution in [2.24, 2.45) is 5.92 Å². The van der Waals surface area contributed by atoms with E-state index < -0.39 is 0 Å². The van der Waals surface area contributed by atoms with Crippen molar-refractivity contribution in [1.82, 2.24) is 20.2 Å². The van der Waals surface area contributed by atoms with Gasteiger partial charge < -0.3 is 15.1 Å². The number of anilines is 1. The maximum absolute atomic E-state index is 4.77. The van der Waals surface area contributed by atoms with Crippen molar-refractivity contribution < 1.29 is 0 Å². The molecule has 5 heteroatoms. The highest BCUT2D eigenvalue weighted by Crippen LogP contribution is 2.24. The van der Waals surface area contributed by atoms with Crippen molar-refractivity contribution in [3.63, 3.8) is 0 Å². The Morgan fingerprint density at radius 3 is 2.75 bits per heavy atom. The van der Waals surface area contributed by atoms with E-state index in [2.05, 4.69) is 41.1 Å². The molecule has 20 heavy (non-hydrogen) atoms. The number of hydrogen-bond donors (Lipinski definition) is 1. The molecule has 5 nitrogen and oxygen atoms in total. The number of rotatable bonds is 5. The van der Waals surface area contributed by atoms with Crippen LogP contribution in [0.2, 0.25) is 0 Å². The Hall–Kier alpha value is -1.20. The Labute approximate surface area is 121 Å². The molecule has 2 heterocycles. The normalized spacial score (nSPS) is 26.5. The van der Waals surface area contributed by atoms with Crippen molar-refractivity contribution in [1.29, 1.82) is 0 Å². The van der Waals surface area contributed by atoms with Gasteiger partial charge in [0.1, 0.15) is 5.82 Å². The van der Waals surface area contributed by atoms with Crippen molar-refractivity contribution >= 4 is 5.82 Å². The zero-order chi connectivity index (χ0) is 14.1. The third-order valence-electron chi connectivity index (χ3n) is 4.38. The molecule has 1 N–H and O–H groups in total. The average Bonchev–Trinajstić information content (AvgIpc) is 3.18. The number of aromatic nitrogens is 2. The summed E-state index contributed by atoms with van der Waals surface area (Å²) in [4.78, 5) is 13.8. The van der Waals surface area contributed by atoms with Gasteiger partial charge in [-0.1, -0.05) is 6.92 Å². The second-order valence-corrected chi connectivity index (χ2v) is 6.44. The Balaban J connectivity index is 1.65. The lowest BCUT2D eigenvalue weighted by atomic mass is 10.1. The lowest BCUT2D eigenvalue weighted by Crippen LogP contribution is -2.34. The zero-order valence-corrected chi connectivity index (χ0v) is 12.7. The highest BCUT2D eigenvalue weighted by molar-refractivity contribution is 5.38. The zero-order valence-electron chi connectivity index (χ0n) is 12.7. The van der Waals surface area contributed by atoms with Gasteiger partial charge in [0.2, 0.25) is 0 Å². The summed E-state index contributed by atoms with van der Waals surface area (Å²) in [5.41, 5.74) is 1.05. The number of nitrogens with one attached hydrogen (secondary N) is 1. The molecule has 0 bridgehead atoms. The Morgan fingerprint density at radius 2 is 2.10 bits per heavy atom. The molecule has 2 aliphatic rings. The Kier molecular flexibility index (Phi) is 3.89. The molecule has 1 aliphatic heterocycles. The molecular weight excluding hydrogens is 250 g/mol. The molecule has 0 radical (unpaired) electrons. The first-order valence-corrected chi connectivity index (χ1v) is 7.59. The minimum atomic E-state index is 0.602. The quantitative estimate of drug-likeness (QED) is 0.872. The van der Waals surface area contributed by atoms with Gasteiger partial charge in [-0.3, -0.25) is 4.98 Å². The van der Waals surface area contributed by atoms with E-state index in [0.717, 1.165) is 31.1 Å². The van der Waals surface area contributed by atoms with Crippen molar-refractivity contribution in [2.45, 2.75) is 38.4 Å². The second kappa shape index (κ2) is 5.66. The molecule has 1 saturated carbocycles. The predicted molar refractivity (Wildman–Crippen MR) is 80.7 cm³/mol. The van der Waals surface area contributed by atoms with Crippen LogP contribution in [0.5, 0.6) is 0 Å². The molecule has 2 atom stereocenters. The molecule has 1 aliphatic carbocycles. The van der Waals surface area contributed by atoms with E-state index in [1.807, 2.05) is 12.4 Å². The van der Waals surface area contributed by atoms with E-state index in [1.165, 1.54) is 12.8 Å².